The van der Waals surface area contributed by atoms with Gasteiger partial charge in [-0.15, -0.1) is 0 Å². The molecule has 0 aromatic rings. The molecule has 2 aliphatic rings. The summed E-state index contributed by atoms with van der Waals surface area (Å²) in [6.07, 6.45) is 8.83. The summed E-state index contributed by atoms with van der Waals surface area (Å²) >= 11 is 0. The first kappa shape index (κ1) is 13.9. The molecule has 1 heterocycles. The molecule has 0 aromatic heterocycles. The van der Waals surface area contributed by atoms with E-state index in [1.54, 1.807) is 0 Å². The lowest BCUT2D eigenvalue weighted by molar-refractivity contribution is -0.133. The first-order chi connectivity index (χ1) is 8.65. The molecule has 0 radical (unpaired) electrons. The molecule has 1 saturated carbocycles. The second kappa shape index (κ2) is 6.05. The molecule has 0 spiro atoms. The second-order valence-electron chi connectivity index (χ2n) is 6.21. The fourth-order valence-corrected chi connectivity index (χ4v) is 3.42. The van der Waals surface area contributed by atoms with Crippen LogP contribution in [0.5, 0.6) is 0 Å². The molecule has 0 bridgehead atoms. The molecule has 1 aliphatic heterocycles. The molecule has 2 unspecified atom stereocenters. The van der Waals surface area contributed by atoms with Crippen LogP contribution in [0.3, 0.4) is 0 Å². The first-order valence-corrected chi connectivity index (χ1v) is 7.73. The molecule has 3 heteroatoms. The fraction of sp³-hybridized carbons (Fsp3) is 0.933. The van der Waals surface area contributed by atoms with Gasteiger partial charge in [-0.25, -0.2) is 0 Å². The Hall–Kier alpha value is -0.570. The summed E-state index contributed by atoms with van der Waals surface area (Å²) in [5.41, 5.74) is 0. The third kappa shape index (κ3) is 2.71. The zero-order valence-electron chi connectivity index (χ0n) is 12.1. The van der Waals surface area contributed by atoms with Gasteiger partial charge in [-0.1, -0.05) is 46.5 Å². The van der Waals surface area contributed by atoms with Crippen LogP contribution in [0.2, 0.25) is 0 Å². The highest BCUT2D eigenvalue weighted by Crippen LogP contribution is 2.29. The lowest BCUT2D eigenvalue weighted by atomic mass is 10.0. The molecular weight excluding hydrogens is 224 g/mol. The summed E-state index contributed by atoms with van der Waals surface area (Å²) in [4.78, 5) is 14.7. The lowest BCUT2D eigenvalue weighted by Gasteiger charge is -2.34. The highest BCUT2D eigenvalue weighted by Gasteiger charge is 2.42. The molecule has 1 aliphatic carbocycles. The maximum absolute atomic E-state index is 12.5. The maximum atomic E-state index is 12.5. The number of nitrogens with one attached hydrogen (secondary N) is 1. The van der Waals surface area contributed by atoms with Gasteiger partial charge in [-0.3, -0.25) is 10.1 Å². The van der Waals surface area contributed by atoms with Crippen LogP contribution in [-0.4, -0.2) is 29.1 Å². The van der Waals surface area contributed by atoms with Crippen LogP contribution in [0.1, 0.15) is 65.7 Å². The summed E-state index contributed by atoms with van der Waals surface area (Å²) in [6, 6.07) is 0.539. The molecule has 0 aromatic carbocycles. The fourth-order valence-electron chi connectivity index (χ4n) is 3.42. The molecule has 2 atom stereocenters. The number of amides is 1. The quantitative estimate of drug-likeness (QED) is 0.783. The Labute approximate surface area is 111 Å². The van der Waals surface area contributed by atoms with Crippen molar-refractivity contribution in [3.8, 4) is 0 Å². The summed E-state index contributed by atoms with van der Waals surface area (Å²) in [7, 11) is 0. The van der Waals surface area contributed by atoms with E-state index < -0.39 is 0 Å². The van der Waals surface area contributed by atoms with Crippen LogP contribution in [0.4, 0.5) is 0 Å². The summed E-state index contributed by atoms with van der Waals surface area (Å²) in [5.74, 6) is 0.844. The van der Waals surface area contributed by atoms with Crippen molar-refractivity contribution in [1.29, 1.82) is 0 Å². The molecule has 104 valence electrons. The number of carbonyl (C=O) groups is 1. The molecular formula is C15H28N2O. The number of rotatable bonds is 3. The van der Waals surface area contributed by atoms with Gasteiger partial charge in [0.15, 0.2) is 0 Å². The van der Waals surface area contributed by atoms with E-state index >= 15 is 0 Å². The van der Waals surface area contributed by atoms with Gasteiger partial charge in [0, 0.05) is 6.04 Å². The minimum Gasteiger partial charge on any atom is -0.323 e. The van der Waals surface area contributed by atoms with Crippen LogP contribution in [0.15, 0.2) is 0 Å². The summed E-state index contributed by atoms with van der Waals surface area (Å²) in [5, 5.41) is 3.53. The van der Waals surface area contributed by atoms with Crippen molar-refractivity contribution in [3.63, 3.8) is 0 Å². The zero-order valence-corrected chi connectivity index (χ0v) is 12.1. The Morgan fingerprint density at radius 3 is 2.33 bits per heavy atom. The van der Waals surface area contributed by atoms with E-state index in [2.05, 4.69) is 31.0 Å². The van der Waals surface area contributed by atoms with E-state index in [1.807, 2.05) is 0 Å². The van der Waals surface area contributed by atoms with Gasteiger partial charge in [-0.2, -0.15) is 0 Å². The minimum atomic E-state index is 0.0562. The molecule has 3 nitrogen and oxygen atoms in total. The maximum Gasteiger partial charge on any atom is 0.241 e. The van der Waals surface area contributed by atoms with Crippen molar-refractivity contribution in [1.82, 2.24) is 10.2 Å². The topological polar surface area (TPSA) is 32.3 Å². The largest absolute Gasteiger partial charge is 0.323 e. The van der Waals surface area contributed by atoms with E-state index in [9.17, 15) is 4.79 Å². The normalized spacial score (nSPS) is 31.1. The van der Waals surface area contributed by atoms with Gasteiger partial charge in [0.25, 0.3) is 0 Å². The Bertz CT molecular complexity index is 282. The van der Waals surface area contributed by atoms with Crippen LogP contribution < -0.4 is 5.32 Å². The standard InChI is InChI=1S/C15H28N2O/c1-4-13-15(18)17(14(16-13)11(2)3)12-9-7-5-6-8-10-12/h11-14,16H,4-10H2,1-3H3. The van der Waals surface area contributed by atoms with E-state index in [1.165, 1.54) is 38.5 Å². The Morgan fingerprint density at radius 2 is 1.83 bits per heavy atom. The summed E-state index contributed by atoms with van der Waals surface area (Å²) < 4.78 is 0. The van der Waals surface area contributed by atoms with Gasteiger partial charge in [0.1, 0.15) is 0 Å². The molecule has 18 heavy (non-hydrogen) atoms. The van der Waals surface area contributed by atoms with Crippen molar-refractivity contribution in [3.05, 3.63) is 0 Å². The third-order valence-electron chi connectivity index (χ3n) is 4.48. The Morgan fingerprint density at radius 1 is 1.22 bits per heavy atom. The molecule has 1 amide bonds. The second-order valence-corrected chi connectivity index (χ2v) is 6.21. The first-order valence-electron chi connectivity index (χ1n) is 7.73. The molecule has 2 rings (SSSR count). The lowest BCUT2D eigenvalue weighted by Crippen LogP contribution is -2.47. The van der Waals surface area contributed by atoms with E-state index in [0.717, 1.165) is 6.42 Å². The molecule has 1 saturated heterocycles. The van der Waals surface area contributed by atoms with E-state index in [0.29, 0.717) is 17.9 Å². The van der Waals surface area contributed by atoms with Crippen LogP contribution in [0, 0.1) is 5.92 Å². The zero-order chi connectivity index (χ0) is 13.1. The van der Waals surface area contributed by atoms with Gasteiger partial charge in [0.05, 0.1) is 12.2 Å². The number of hydrogen-bond acceptors (Lipinski definition) is 2. The average molecular weight is 252 g/mol. The van der Waals surface area contributed by atoms with Crippen molar-refractivity contribution in [2.24, 2.45) is 5.92 Å². The Kier molecular flexibility index (Phi) is 4.66. The third-order valence-corrected chi connectivity index (χ3v) is 4.48. The van der Waals surface area contributed by atoms with Crippen LogP contribution in [-0.2, 0) is 4.79 Å². The highest BCUT2D eigenvalue weighted by molar-refractivity contribution is 5.84. The van der Waals surface area contributed by atoms with Crippen LogP contribution >= 0.6 is 0 Å². The number of carbonyl (C=O) groups excluding carboxylic acids is 1. The predicted octanol–water partition coefficient (Wildman–Crippen LogP) is 2.90. The van der Waals surface area contributed by atoms with Crippen molar-refractivity contribution in [2.45, 2.75) is 84.0 Å². The van der Waals surface area contributed by atoms with Gasteiger partial charge < -0.3 is 4.90 Å². The molecule has 1 N–H and O–H groups in total. The SMILES string of the molecule is CCC1NC(C(C)C)N(C2CCCCCC2)C1=O. The predicted molar refractivity (Wildman–Crippen MR) is 74.2 cm³/mol. The van der Waals surface area contributed by atoms with Crippen molar-refractivity contribution < 1.29 is 4.79 Å². The number of hydrogen-bond donors (Lipinski definition) is 1. The smallest absolute Gasteiger partial charge is 0.241 e. The van der Waals surface area contributed by atoms with Crippen molar-refractivity contribution >= 4 is 5.91 Å². The summed E-state index contributed by atoms with van der Waals surface area (Å²) in [6.45, 7) is 6.53. The molecule has 2 fully saturated rings. The van der Waals surface area contributed by atoms with Gasteiger partial charge in [-0.05, 0) is 25.2 Å². The van der Waals surface area contributed by atoms with E-state index in [4.69, 9.17) is 0 Å². The Balaban J connectivity index is 2.13. The minimum absolute atomic E-state index is 0.0562. The monoisotopic (exact) mass is 252 g/mol. The highest BCUT2D eigenvalue weighted by atomic mass is 16.2. The van der Waals surface area contributed by atoms with Gasteiger partial charge >= 0.3 is 0 Å². The number of nitrogens with zero attached hydrogens (tertiary/aromatic N) is 1. The van der Waals surface area contributed by atoms with Crippen LogP contribution in [0.25, 0.3) is 0 Å². The average Bonchev–Trinajstić information content (AvgIpc) is 2.54. The van der Waals surface area contributed by atoms with Crippen molar-refractivity contribution in [2.75, 3.05) is 0 Å². The van der Waals surface area contributed by atoms with E-state index in [-0.39, 0.29) is 12.2 Å². The van der Waals surface area contributed by atoms with Gasteiger partial charge in [0.2, 0.25) is 5.91 Å².